The molecule has 3 aliphatic rings. The summed E-state index contributed by atoms with van der Waals surface area (Å²) in [4.78, 5) is 13.4. The molecule has 8 heteroatoms. The van der Waals surface area contributed by atoms with Crippen LogP contribution < -0.4 is 15.1 Å². The van der Waals surface area contributed by atoms with E-state index < -0.39 is 0 Å². The summed E-state index contributed by atoms with van der Waals surface area (Å²) in [5.74, 6) is 1.82. The topological polar surface area (TPSA) is 65.9 Å². The molecule has 5 rings (SSSR count). The van der Waals surface area contributed by atoms with E-state index in [1.54, 1.807) is 13.3 Å². The smallest absolute Gasteiger partial charge is 0.189 e. The van der Waals surface area contributed by atoms with Crippen LogP contribution in [-0.4, -0.2) is 59.0 Å². The maximum atomic E-state index is 5.57. The van der Waals surface area contributed by atoms with Crippen molar-refractivity contribution in [3.63, 3.8) is 0 Å². The molecule has 7 nitrogen and oxygen atoms in total. The van der Waals surface area contributed by atoms with Gasteiger partial charge in [-0.3, -0.25) is 10.4 Å². The molecule has 0 bridgehead atoms. The molecule has 0 atom stereocenters. The Morgan fingerprint density at radius 2 is 2.03 bits per heavy atom. The average molecular weight is 409 g/mol. The van der Waals surface area contributed by atoms with E-state index in [-0.39, 0.29) is 0 Å². The van der Waals surface area contributed by atoms with Crippen molar-refractivity contribution < 1.29 is 4.74 Å². The van der Waals surface area contributed by atoms with Crippen molar-refractivity contribution in [3.8, 4) is 5.75 Å². The Morgan fingerprint density at radius 3 is 2.86 bits per heavy atom. The molecule has 2 aliphatic heterocycles. The number of anilines is 1. The summed E-state index contributed by atoms with van der Waals surface area (Å²) in [6, 6.07) is 7.98. The van der Waals surface area contributed by atoms with Crippen molar-refractivity contribution in [2.24, 2.45) is 10.5 Å². The third kappa shape index (κ3) is 3.42. The summed E-state index contributed by atoms with van der Waals surface area (Å²) in [6.07, 6.45) is 6.73. The quantitative estimate of drug-likeness (QED) is 0.617. The fraction of sp³-hybridized carbons (Fsp3) is 0.429. The number of hydrazone groups is 1. The number of ether oxygens (including phenoxy) is 1. The molecule has 2 aromatic rings. The molecular formula is C21H24N6OS. The van der Waals surface area contributed by atoms with E-state index in [0.717, 1.165) is 68.4 Å². The number of pyridine rings is 2. The number of aryl methyl sites for hydroxylation is 1. The van der Waals surface area contributed by atoms with E-state index in [1.807, 2.05) is 24.4 Å². The van der Waals surface area contributed by atoms with Gasteiger partial charge in [-0.25, -0.2) is 4.98 Å². The second-order valence-corrected chi connectivity index (χ2v) is 8.49. The molecule has 0 aromatic carbocycles. The van der Waals surface area contributed by atoms with Crippen molar-refractivity contribution in [1.29, 1.82) is 0 Å². The van der Waals surface area contributed by atoms with Gasteiger partial charge in [0, 0.05) is 50.1 Å². The molecule has 0 saturated carbocycles. The number of hydrogen-bond acceptors (Lipinski definition) is 6. The van der Waals surface area contributed by atoms with Crippen LogP contribution in [0.4, 0.5) is 5.82 Å². The highest BCUT2D eigenvalue weighted by Gasteiger charge is 2.52. The van der Waals surface area contributed by atoms with Gasteiger partial charge in [0.15, 0.2) is 5.11 Å². The summed E-state index contributed by atoms with van der Waals surface area (Å²) in [5.41, 5.74) is 6.69. The van der Waals surface area contributed by atoms with E-state index in [4.69, 9.17) is 17.0 Å². The maximum Gasteiger partial charge on any atom is 0.189 e. The second kappa shape index (κ2) is 7.26. The Morgan fingerprint density at radius 1 is 1.17 bits per heavy atom. The molecule has 2 fully saturated rings. The Bertz CT molecular complexity index is 963. The third-order valence-corrected chi connectivity index (χ3v) is 6.33. The first-order valence-corrected chi connectivity index (χ1v) is 10.4. The molecule has 4 heterocycles. The Hall–Kier alpha value is -2.74. The van der Waals surface area contributed by atoms with Crippen LogP contribution in [0.1, 0.15) is 24.1 Å². The highest BCUT2D eigenvalue weighted by Crippen LogP contribution is 2.41. The highest BCUT2D eigenvalue weighted by molar-refractivity contribution is 7.80. The molecule has 0 radical (unpaired) electrons. The molecule has 0 unspecified atom stereocenters. The van der Waals surface area contributed by atoms with Gasteiger partial charge in [-0.2, -0.15) is 5.10 Å². The SMILES string of the molecule is COc1ccnc(N2CC3(CN(C(=S)N/N=C4/CCCc5cccnc54)C3)C2)c1. The minimum atomic E-state index is 0.308. The molecular weight excluding hydrogens is 384 g/mol. The predicted molar refractivity (Wildman–Crippen MR) is 116 cm³/mol. The number of nitrogens with one attached hydrogen (secondary N) is 1. The highest BCUT2D eigenvalue weighted by atomic mass is 32.1. The van der Waals surface area contributed by atoms with Gasteiger partial charge in [-0.05, 0) is 49.2 Å². The van der Waals surface area contributed by atoms with Crippen LogP contribution in [-0.2, 0) is 6.42 Å². The van der Waals surface area contributed by atoms with Crippen molar-refractivity contribution in [2.45, 2.75) is 19.3 Å². The number of methoxy groups -OCH3 is 1. The van der Waals surface area contributed by atoms with Crippen molar-refractivity contribution in [3.05, 3.63) is 47.9 Å². The van der Waals surface area contributed by atoms with Crippen LogP contribution in [0.5, 0.6) is 5.75 Å². The summed E-state index contributed by atoms with van der Waals surface area (Å²) in [7, 11) is 1.68. The van der Waals surface area contributed by atoms with Gasteiger partial charge in [-0.15, -0.1) is 0 Å². The number of hydrogen-bond donors (Lipinski definition) is 1. The van der Waals surface area contributed by atoms with Crippen LogP contribution in [0.15, 0.2) is 41.8 Å². The summed E-state index contributed by atoms with van der Waals surface area (Å²) < 4.78 is 5.30. The van der Waals surface area contributed by atoms with E-state index in [2.05, 4.69) is 36.4 Å². The lowest BCUT2D eigenvalue weighted by atomic mass is 9.73. The largest absolute Gasteiger partial charge is 0.497 e. The zero-order valence-corrected chi connectivity index (χ0v) is 17.3. The Kier molecular flexibility index (Phi) is 4.58. The Balaban J connectivity index is 1.15. The first kappa shape index (κ1) is 18.3. The minimum absolute atomic E-state index is 0.308. The molecule has 1 aliphatic carbocycles. The summed E-state index contributed by atoms with van der Waals surface area (Å²) >= 11 is 5.57. The average Bonchev–Trinajstić information content (AvgIpc) is 2.70. The number of likely N-dealkylation sites (tertiary alicyclic amines) is 1. The zero-order chi connectivity index (χ0) is 19.8. The Labute approximate surface area is 175 Å². The fourth-order valence-corrected chi connectivity index (χ4v) is 4.67. The van der Waals surface area contributed by atoms with Crippen LogP contribution in [0.2, 0.25) is 0 Å². The number of thiocarbonyl (C=S) groups is 1. The molecule has 2 aromatic heterocycles. The minimum Gasteiger partial charge on any atom is -0.497 e. The van der Waals surface area contributed by atoms with Crippen LogP contribution in [0, 0.1) is 5.41 Å². The zero-order valence-electron chi connectivity index (χ0n) is 16.5. The van der Waals surface area contributed by atoms with Gasteiger partial charge in [0.1, 0.15) is 11.6 Å². The van der Waals surface area contributed by atoms with Gasteiger partial charge in [-0.1, -0.05) is 6.07 Å². The van der Waals surface area contributed by atoms with Gasteiger partial charge in [0.05, 0.1) is 18.5 Å². The van der Waals surface area contributed by atoms with Crippen LogP contribution >= 0.6 is 12.2 Å². The molecule has 150 valence electrons. The first-order chi connectivity index (χ1) is 14.2. The van der Waals surface area contributed by atoms with Gasteiger partial charge >= 0.3 is 0 Å². The number of aromatic nitrogens is 2. The normalized spacial score (nSPS) is 20.7. The lowest BCUT2D eigenvalue weighted by molar-refractivity contribution is 0.0283. The third-order valence-electron chi connectivity index (χ3n) is 5.98. The number of nitrogens with zero attached hydrogens (tertiary/aromatic N) is 5. The summed E-state index contributed by atoms with van der Waals surface area (Å²) in [5, 5.41) is 5.29. The standard InChI is InChI=1S/C21H24N6OS/c1-28-16-7-9-22-18(10-16)26-11-21(12-26)13-27(14-21)20(29)25-24-17-6-2-4-15-5-3-8-23-19(15)17/h3,5,7-10H,2,4,6,11-14H2,1H3,(H,25,29)/b24-17-. The van der Waals surface area contributed by atoms with E-state index in [1.165, 1.54) is 5.56 Å². The predicted octanol–water partition coefficient (Wildman–Crippen LogP) is 2.22. The fourth-order valence-electron chi connectivity index (χ4n) is 4.49. The molecule has 2 saturated heterocycles. The van der Waals surface area contributed by atoms with Gasteiger partial charge in [0.2, 0.25) is 0 Å². The van der Waals surface area contributed by atoms with Crippen molar-refractivity contribution in [1.82, 2.24) is 20.3 Å². The van der Waals surface area contributed by atoms with E-state index >= 15 is 0 Å². The maximum absolute atomic E-state index is 5.57. The number of rotatable bonds is 3. The molecule has 1 spiro atoms. The van der Waals surface area contributed by atoms with Crippen molar-refractivity contribution in [2.75, 3.05) is 38.2 Å². The van der Waals surface area contributed by atoms with Gasteiger partial charge in [0.25, 0.3) is 0 Å². The van der Waals surface area contributed by atoms with Crippen molar-refractivity contribution >= 4 is 28.9 Å². The number of fused-ring (bicyclic) bond motifs is 1. The lowest BCUT2D eigenvalue weighted by Gasteiger charge is -2.60. The van der Waals surface area contributed by atoms with Crippen LogP contribution in [0.25, 0.3) is 0 Å². The molecule has 29 heavy (non-hydrogen) atoms. The van der Waals surface area contributed by atoms with Crippen LogP contribution in [0.3, 0.4) is 0 Å². The lowest BCUT2D eigenvalue weighted by Crippen LogP contribution is -2.73. The first-order valence-electron chi connectivity index (χ1n) is 9.97. The monoisotopic (exact) mass is 408 g/mol. The molecule has 0 amide bonds. The van der Waals surface area contributed by atoms with Gasteiger partial charge < -0.3 is 14.5 Å². The van der Waals surface area contributed by atoms with E-state index in [9.17, 15) is 0 Å². The summed E-state index contributed by atoms with van der Waals surface area (Å²) in [6.45, 7) is 3.91. The molecule has 1 N–H and O–H groups in total. The second-order valence-electron chi connectivity index (χ2n) is 8.11. The van der Waals surface area contributed by atoms with E-state index in [0.29, 0.717) is 10.5 Å².